The largest absolute Gasteiger partial charge is 0.369 e. The van der Waals surface area contributed by atoms with Crippen LogP contribution in [0.4, 0.5) is 4.79 Å². The van der Waals surface area contributed by atoms with Gasteiger partial charge in [0.1, 0.15) is 0 Å². The van der Waals surface area contributed by atoms with Gasteiger partial charge in [-0.3, -0.25) is 14.9 Å². The molecule has 1 aromatic carbocycles. The lowest BCUT2D eigenvalue weighted by Crippen LogP contribution is -2.41. The highest BCUT2D eigenvalue weighted by molar-refractivity contribution is 6.05. The number of nitrogens with one attached hydrogen (secondary N) is 2. The van der Waals surface area contributed by atoms with Crippen molar-refractivity contribution in [2.24, 2.45) is 5.73 Å². The molecule has 0 spiro atoms. The Morgan fingerprint density at radius 2 is 1.76 bits per heavy atom. The van der Waals surface area contributed by atoms with Gasteiger partial charge in [0.05, 0.1) is 5.41 Å². The van der Waals surface area contributed by atoms with E-state index in [0.717, 1.165) is 18.4 Å². The number of imide groups is 1. The molecular formula is C19H23N3O3. The summed E-state index contributed by atoms with van der Waals surface area (Å²) in [6.45, 7) is 4.07. The van der Waals surface area contributed by atoms with E-state index < -0.39 is 23.4 Å². The first-order chi connectivity index (χ1) is 11.9. The van der Waals surface area contributed by atoms with E-state index in [9.17, 15) is 14.4 Å². The summed E-state index contributed by atoms with van der Waals surface area (Å²) in [6, 6.07) is 5.97. The first-order valence-electron chi connectivity index (χ1n) is 8.46. The minimum absolute atomic E-state index is 0.305. The minimum Gasteiger partial charge on any atom is -0.369 e. The Morgan fingerprint density at radius 1 is 1.16 bits per heavy atom. The third-order valence-corrected chi connectivity index (χ3v) is 4.40. The number of urea groups is 1. The summed E-state index contributed by atoms with van der Waals surface area (Å²) in [6.07, 6.45) is 3.13. The molecule has 6 nitrogen and oxygen atoms in total. The van der Waals surface area contributed by atoms with E-state index in [1.807, 2.05) is 26.0 Å². The molecule has 0 unspecified atom stereocenters. The topological polar surface area (TPSA) is 101 Å². The van der Waals surface area contributed by atoms with Crippen LogP contribution in [0.5, 0.6) is 0 Å². The molecule has 1 aliphatic heterocycles. The fraction of sp³-hybridized carbons (Fsp3) is 0.421. The van der Waals surface area contributed by atoms with E-state index in [-0.39, 0.29) is 5.91 Å². The maximum atomic E-state index is 12.2. The lowest BCUT2D eigenvalue weighted by atomic mass is 9.72. The van der Waals surface area contributed by atoms with Crippen LogP contribution in [0.3, 0.4) is 0 Å². The Bertz CT molecular complexity index is 723. The summed E-state index contributed by atoms with van der Waals surface area (Å²) < 4.78 is 0. The Balaban J connectivity index is 2.25. The lowest BCUT2D eigenvalue weighted by molar-refractivity contribution is -0.124. The van der Waals surface area contributed by atoms with Crippen LogP contribution in [0.1, 0.15) is 50.7 Å². The summed E-state index contributed by atoms with van der Waals surface area (Å²) in [5.74, 6) is 4.84. The van der Waals surface area contributed by atoms with Crippen molar-refractivity contribution in [3.63, 3.8) is 0 Å². The van der Waals surface area contributed by atoms with Crippen molar-refractivity contribution in [3.05, 3.63) is 35.4 Å². The highest BCUT2D eigenvalue weighted by atomic mass is 16.2. The summed E-state index contributed by atoms with van der Waals surface area (Å²) in [5.41, 5.74) is 6.66. The Hall–Kier alpha value is -2.81. The van der Waals surface area contributed by atoms with E-state index in [1.54, 1.807) is 12.1 Å². The van der Waals surface area contributed by atoms with Gasteiger partial charge in [0.25, 0.3) is 5.91 Å². The maximum Gasteiger partial charge on any atom is 0.322 e. The Labute approximate surface area is 147 Å². The van der Waals surface area contributed by atoms with E-state index in [2.05, 4.69) is 22.5 Å². The van der Waals surface area contributed by atoms with Crippen LogP contribution in [0, 0.1) is 11.8 Å². The molecular weight excluding hydrogens is 318 g/mol. The zero-order valence-corrected chi connectivity index (χ0v) is 14.5. The smallest absolute Gasteiger partial charge is 0.322 e. The second-order valence-corrected chi connectivity index (χ2v) is 6.19. The molecule has 1 aliphatic rings. The molecule has 4 amide bonds. The number of hydrogen-bond donors (Lipinski definition) is 3. The predicted octanol–water partition coefficient (Wildman–Crippen LogP) is 1.57. The van der Waals surface area contributed by atoms with Crippen LogP contribution in [-0.4, -0.2) is 23.9 Å². The number of carbonyl (C=O) groups excluding carboxylic acids is 3. The second-order valence-electron chi connectivity index (χ2n) is 6.19. The fourth-order valence-electron chi connectivity index (χ4n) is 3.20. The molecule has 0 saturated carbocycles. The summed E-state index contributed by atoms with van der Waals surface area (Å²) in [4.78, 5) is 34.7. The van der Waals surface area contributed by atoms with Gasteiger partial charge in [-0.05, 0) is 30.5 Å². The van der Waals surface area contributed by atoms with Gasteiger partial charge in [0, 0.05) is 5.56 Å². The SMILES string of the molecule is CCCC(CCC)(C(N)=O)c1ccc(C#C[C@@H]2NC(=O)NC2=O)cc1. The number of benzene rings is 1. The molecule has 4 N–H and O–H groups in total. The van der Waals surface area contributed by atoms with Crippen LogP contribution in [-0.2, 0) is 15.0 Å². The van der Waals surface area contributed by atoms with Crippen LogP contribution >= 0.6 is 0 Å². The van der Waals surface area contributed by atoms with Crippen LogP contribution < -0.4 is 16.4 Å². The molecule has 132 valence electrons. The third-order valence-electron chi connectivity index (χ3n) is 4.40. The molecule has 1 atom stereocenters. The van der Waals surface area contributed by atoms with E-state index in [4.69, 9.17) is 5.73 Å². The zero-order valence-electron chi connectivity index (χ0n) is 14.5. The average molecular weight is 341 g/mol. The van der Waals surface area contributed by atoms with Crippen molar-refractivity contribution in [1.29, 1.82) is 0 Å². The van der Waals surface area contributed by atoms with Crippen molar-refractivity contribution in [3.8, 4) is 11.8 Å². The number of hydrogen-bond acceptors (Lipinski definition) is 3. The molecule has 0 aromatic heterocycles. The second kappa shape index (κ2) is 7.84. The molecule has 0 bridgehead atoms. The molecule has 0 aliphatic carbocycles. The predicted molar refractivity (Wildman–Crippen MR) is 94.5 cm³/mol. The summed E-state index contributed by atoms with van der Waals surface area (Å²) >= 11 is 0. The van der Waals surface area contributed by atoms with Gasteiger partial charge in [0.2, 0.25) is 5.91 Å². The van der Waals surface area contributed by atoms with Gasteiger partial charge >= 0.3 is 6.03 Å². The zero-order chi connectivity index (χ0) is 18.4. The Morgan fingerprint density at radius 3 is 2.20 bits per heavy atom. The monoisotopic (exact) mass is 341 g/mol. The van der Waals surface area contributed by atoms with Crippen molar-refractivity contribution in [2.75, 3.05) is 0 Å². The van der Waals surface area contributed by atoms with Crippen LogP contribution in [0.15, 0.2) is 24.3 Å². The van der Waals surface area contributed by atoms with Crippen LogP contribution in [0.25, 0.3) is 0 Å². The van der Waals surface area contributed by atoms with E-state index >= 15 is 0 Å². The first kappa shape index (κ1) is 18.5. The van der Waals surface area contributed by atoms with Gasteiger partial charge in [0.15, 0.2) is 6.04 Å². The number of nitrogens with two attached hydrogens (primary N) is 1. The van der Waals surface area contributed by atoms with Crippen molar-refractivity contribution in [2.45, 2.75) is 51.0 Å². The average Bonchev–Trinajstić information content (AvgIpc) is 2.90. The molecule has 1 fully saturated rings. The summed E-state index contributed by atoms with van der Waals surface area (Å²) in [7, 11) is 0. The third kappa shape index (κ3) is 4.00. The molecule has 1 heterocycles. The molecule has 1 aromatic rings. The minimum atomic E-state index is -0.836. The normalized spacial score (nSPS) is 16.6. The molecule has 2 rings (SSSR count). The molecule has 1 saturated heterocycles. The van der Waals surface area contributed by atoms with Crippen molar-refractivity contribution >= 4 is 17.8 Å². The van der Waals surface area contributed by atoms with Gasteiger partial charge in [-0.1, -0.05) is 50.7 Å². The molecule has 6 heteroatoms. The first-order valence-corrected chi connectivity index (χ1v) is 8.46. The molecule has 25 heavy (non-hydrogen) atoms. The Kier molecular flexibility index (Phi) is 5.81. The highest BCUT2D eigenvalue weighted by Crippen LogP contribution is 2.34. The number of rotatable bonds is 6. The number of primary amides is 1. The van der Waals surface area contributed by atoms with E-state index in [1.165, 1.54) is 0 Å². The van der Waals surface area contributed by atoms with Crippen molar-refractivity contribution in [1.82, 2.24) is 10.6 Å². The standard InChI is InChI=1S/C19H23N3O3/c1-3-11-19(12-4-2,17(20)24)14-8-5-13(6-9-14)7-10-15-16(23)22-18(25)21-15/h5-6,8-9,15H,3-4,11-12H2,1-2H3,(H2,20,24)(H2,21,22,23,25)/t15-/m0/s1. The number of carbonyl (C=O) groups is 3. The van der Waals surface area contributed by atoms with Crippen molar-refractivity contribution < 1.29 is 14.4 Å². The van der Waals surface area contributed by atoms with E-state index in [0.29, 0.717) is 18.4 Å². The molecule has 0 radical (unpaired) electrons. The fourth-order valence-corrected chi connectivity index (χ4v) is 3.20. The quantitative estimate of drug-likeness (QED) is 0.541. The highest BCUT2D eigenvalue weighted by Gasteiger charge is 2.36. The summed E-state index contributed by atoms with van der Waals surface area (Å²) in [5, 5.41) is 4.55. The van der Waals surface area contributed by atoms with Gasteiger partial charge in [-0.15, -0.1) is 0 Å². The lowest BCUT2D eigenvalue weighted by Gasteiger charge is -2.30. The van der Waals surface area contributed by atoms with Crippen LogP contribution in [0.2, 0.25) is 0 Å². The van der Waals surface area contributed by atoms with Gasteiger partial charge in [-0.2, -0.15) is 0 Å². The maximum absolute atomic E-state index is 12.2. The van der Waals surface area contributed by atoms with Gasteiger partial charge < -0.3 is 11.1 Å². The van der Waals surface area contributed by atoms with Gasteiger partial charge in [-0.25, -0.2) is 4.79 Å². The number of amides is 4.